The molecule has 0 aromatic heterocycles. The molecule has 114 valence electrons. The van der Waals surface area contributed by atoms with Crippen LogP contribution >= 0.6 is 11.8 Å². The van der Waals surface area contributed by atoms with Crippen molar-refractivity contribution in [2.45, 2.75) is 44.9 Å². The lowest BCUT2D eigenvalue weighted by Gasteiger charge is -2.20. The summed E-state index contributed by atoms with van der Waals surface area (Å²) in [5, 5.41) is 3.34. The lowest BCUT2D eigenvalue weighted by Crippen LogP contribution is -2.38. The summed E-state index contributed by atoms with van der Waals surface area (Å²) < 4.78 is 10.4. The van der Waals surface area contributed by atoms with Gasteiger partial charge in [0.05, 0.1) is 24.6 Å². The van der Waals surface area contributed by atoms with Crippen LogP contribution in [-0.4, -0.2) is 55.3 Å². The van der Waals surface area contributed by atoms with Gasteiger partial charge in [-0.3, -0.25) is 4.79 Å². The average molecular weight is 291 g/mol. The first-order valence-electron chi connectivity index (χ1n) is 6.68. The van der Waals surface area contributed by atoms with E-state index in [-0.39, 0.29) is 22.7 Å². The quantitative estimate of drug-likeness (QED) is 0.625. The van der Waals surface area contributed by atoms with Crippen molar-refractivity contribution in [3.05, 3.63) is 0 Å². The maximum atomic E-state index is 11.7. The highest BCUT2D eigenvalue weighted by molar-refractivity contribution is 8.00. The Morgan fingerprint density at radius 1 is 1.05 bits per heavy atom. The Labute approximate surface area is 122 Å². The molecule has 0 saturated heterocycles. The van der Waals surface area contributed by atoms with E-state index in [2.05, 4.69) is 26.1 Å². The van der Waals surface area contributed by atoms with Gasteiger partial charge in [0.1, 0.15) is 6.61 Å². The van der Waals surface area contributed by atoms with Crippen LogP contribution in [0.4, 0.5) is 0 Å². The van der Waals surface area contributed by atoms with Crippen LogP contribution in [0, 0.1) is 0 Å². The normalized spacial score (nSPS) is 12.7. The number of hydrogen-bond acceptors (Lipinski definition) is 5. The monoisotopic (exact) mass is 291 g/mol. The zero-order chi connectivity index (χ0) is 14.9. The predicted octanol–water partition coefficient (Wildman–Crippen LogP) is 2.12. The zero-order valence-corrected chi connectivity index (χ0v) is 14.0. The SMILES string of the molecule is CSC(C)(C)C(=O)COCCOCCNC(C)(C)C. The van der Waals surface area contributed by atoms with E-state index in [1.807, 2.05) is 20.1 Å². The third kappa shape index (κ3) is 10.4. The lowest BCUT2D eigenvalue weighted by atomic mass is 10.1. The van der Waals surface area contributed by atoms with Gasteiger partial charge in [0.2, 0.25) is 0 Å². The van der Waals surface area contributed by atoms with E-state index in [0.29, 0.717) is 19.8 Å². The Balaban J connectivity index is 3.44. The molecule has 0 radical (unpaired) electrons. The molecule has 0 aliphatic rings. The van der Waals surface area contributed by atoms with E-state index < -0.39 is 0 Å². The minimum atomic E-state index is -0.364. The van der Waals surface area contributed by atoms with Gasteiger partial charge in [-0.1, -0.05) is 0 Å². The van der Waals surface area contributed by atoms with E-state index in [9.17, 15) is 4.79 Å². The van der Waals surface area contributed by atoms with Gasteiger partial charge in [-0.25, -0.2) is 0 Å². The molecule has 0 spiro atoms. The molecule has 0 atom stereocenters. The highest BCUT2D eigenvalue weighted by Gasteiger charge is 2.25. The molecular weight excluding hydrogens is 262 g/mol. The summed E-state index contributed by atoms with van der Waals surface area (Å²) in [5.41, 5.74) is 0.121. The summed E-state index contributed by atoms with van der Waals surface area (Å²) in [5.74, 6) is 0.120. The summed E-state index contributed by atoms with van der Waals surface area (Å²) in [7, 11) is 0. The Morgan fingerprint density at radius 2 is 1.63 bits per heavy atom. The van der Waals surface area contributed by atoms with E-state index in [4.69, 9.17) is 9.47 Å². The Bertz CT molecular complexity index is 262. The summed E-state index contributed by atoms with van der Waals surface area (Å²) in [4.78, 5) is 11.7. The van der Waals surface area contributed by atoms with Gasteiger partial charge < -0.3 is 14.8 Å². The predicted molar refractivity (Wildman–Crippen MR) is 82.0 cm³/mol. The van der Waals surface area contributed by atoms with Gasteiger partial charge in [-0.2, -0.15) is 11.8 Å². The Morgan fingerprint density at radius 3 is 2.16 bits per heavy atom. The summed E-state index contributed by atoms with van der Waals surface area (Å²) in [6.45, 7) is 12.8. The van der Waals surface area contributed by atoms with Gasteiger partial charge in [-0.15, -0.1) is 0 Å². The fourth-order valence-electron chi connectivity index (χ4n) is 1.17. The molecule has 5 heteroatoms. The van der Waals surface area contributed by atoms with Crippen molar-refractivity contribution in [2.75, 3.05) is 39.2 Å². The van der Waals surface area contributed by atoms with Crippen molar-refractivity contribution in [3.63, 3.8) is 0 Å². The summed E-state index contributed by atoms with van der Waals surface area (Å²) >= 11 is 1.54. The Hall–Kier alpha value is -0.100. The number of carbonyl (C=O) groups is 1. The van der Waals surface area contributed by atoms with Crippen molar-refractivity contribution < 1.29 is 14.3 Å². The highest BCUT2D eigenvalue weighted by atomic mass is 32.2. The molecule has 0 rings (SSSR count). The molecular formula is C14H29NO3S. The highest BCUT2D eigenvalue weighted by Crippen LogP contribution is 2.22. The molecule has 1 N–H and O–H groups in total. The molecule has 0 unspecified atom stereocenters. The van der Waals surface area contributed by atoms with E-state index in [1.165, 1.54) is 0 Å². The zero-order valence-electron chi connectivity index (χ0n) is 13.2. The lowest BCUT2D eigenvalue weighted by molar-refractivity contribution is -0.125. The number of thioether (sulfide) groups is 1. The topological polar surface area (TPSA) is 47.6 Å². The van der Waals surface area contributed by atoms with Gasteiger partial charge in [0.25, 0.3) is 0 Å². The van der Waals surface area contributed by atoms with Gasteiger partial charge in [0.15, 0.2) is 5.78 Å². The molecule has 0 amide bonds. The maximum absolute atomic E-state index is 11.7. The number of ketones is 1. The summed E-state index contributed by atoms with van der Waals surface area (Å²) in [6.07, 6.45) is 1.93. The van der Waals surface area contributed by atoms with Crippen LogP contribution in [0.1, 0.15) is 34.6 Å². The van der Waals surface area contributed by atoms with Crippen LogP contribution in [0.25, 0.3) is 0 Å². The van der Waals surface area contributed by atoms with Crippen molar-refractivity contribution >= 4 is 17.5 Å². The average Bonchev–Trinajstić information content (AvgIpc) is 2.30. The number of ether oxygens (including phenoxy) is 2. The second kappa shape index (κ2) is 8.95. The number of hydrogen-bond donors (Lipinski definition) is 1. The molecule has 4 nitrogen and oxygen atoms in total. The van der Waals surface area contributed by atoms with Gasteiger partial charge >= 0.3 is 0 Å². The molecule has 0 aliphatic heterocycles. The third-order valence-electron chi connectivity index (χ3n) is 2.69. The number of carbonyl (C=O) groups excluding carboxylic acids is 1. The largest absolute Gasteiger partial charge is 0.378 e. The Kier molecular flexibility index (Phi) is 8.90. The van der Waals surface area contributed by atoms with E-state index >= 15 is 0 Å². The van der Waals surface area contributed by atoms with Crippen molar-refractivity contribution in [1.29, 1.82) is 0 Å². The minimum Gasteiger partial charge on any atom is -0.378 e. The molecule has 19 heavy (non-hydrogen) atoms. The molecule has 0 aromatic rings. The van der Waals surface area contributed by atoms with E-state index in [0.717, 1.165) is 6.54 Å². The number of rotatable bonds is 10. The second-order valence-corrected chi connectivity index (χ2v) is 7.41. The van der Waals surface area contributed by atoms with Gasteiger partial charge in [-0.05, 0) is 40.9 Å². The number of Topliss-reactive ketones (excluding diaryl/α,β-unsaturated/α-hetero) is 1. The first-order chi connectivity index (χ1) is 8.69. The van der Waals surface area contributed by atoms with Crippen LogP contribution in [0.2, 0.25) is 0 Å². The molecule has 0 aromatic carbocycles. The van der Waals surface area contributed by atoms with Gasteiger partial charge in [0, 0.05) is 12.1 Å². The first kappa shape index (κ1) is 18.9. The first-order valence-corrected chi connectivity index (χ1v) is 7.90. The molecule has 0 saturated carbocycles. The molecule has 0 heterocycles. The standard InChI is InChI=1S/C14H29NO3S/c1-13(2,3)15-7-8-17-9-10-18-11-12(16)14(4,5)19-6/h15H,7-11H2,1-6H3. The van der Waals surface area contributed by atoms with Crippen LogP contribution in [0.3, 0.4) is 0 Å². The van der Waals surface area contributed by atoms with Crippen molar-refractivity contribution in [2.24, 2.45) is 0 Å². The smallest absolute Gasteiger partial charge is 0.173 e. The fourth-order valence-corrected chi connectivity index (χ4v) is 1.46. The van der Waals surface area contributed by atoms with Crippen LogP contribution < -0.4 is 5.32 Å². The summed E-state index contributed by atoms with van der Waals surface area (Å²) in [6, 6.07) is 0. The minimum absolute atomic E-state index is 0.120. The third-order valence-corrected chi connectivity index (χ3v) is 3.94. The molecule has 0 bridgehead atoms. The van der Waals surface area contributed by atoms with Crippen LogP contribution in [0.5, 0.6) is 0 Å². The number of nitrogens with one attached hydrogen (secondary N) is 1. The van der Waals surface area contributed by atoms with Crippen molar-refractivity contribution in [1.82, 2.24) is 5.32 Å². The second-order valence-electron chi connectivity index (χ2n) is 5.98. The molecule has 0 fully saturated rings. The van der Waals surface area contributed by atoms with Crippen LogP contribution in [0.15, 0.2) is 0 Å². The molecule has 0 aliphatic carbocycles. The van der Waals surface area contributed by atoms with E-state index in [1.54, 1.807) is 11.8 Å². The van der Waals surface area contributed by atoms with Crippen LogP contribution in [-0.2, 0) is 14.3 Å². The maximum Gasteiger partial charge on any atom is 0.173 e. The fraction of sp³-hybridized carbons (Fsp3) is 0.929. The van der Waals surface area contributed by atoms with Crippen molar-refractivity contribution in [3.8, 4) is 0 Å².